The number of benzene rings is 3. The molecule has 3 aromatic carbocycles. The molecule has 34 heavy (non-hydrogen) atoms. The number of carbonyl (C=O) groups is 2. The number of phenols is 1. The second-order valence-corrected chi connectivity index (χ2v) is 8.33. The van der Waals surface area contributed by atoms with Gasteiger partial charge in [-0.1, -0.05) is 25.1 Å². The maximum atomic E-state index is 14.7. The molecule has 0 bridgehead atoms. The van der Waals surface area contributed by atoms with Crippen molar-refractivity contribution in [1.29, 1.82) is 0 Å². The number of amides is 2. The van der Waals surface area contributed by atoms with Crippen molar-refractivity contribution in [2.75, 3.05) is 37.6 Å². The number of nitrogens with zero attached hydrogens (tertiary/aromatic N) is 2. The molecule has 0 saturated carbocycles. The molecule has 1 aliphatic heterocycles. The van der Waals surface area contributed by atoms with Crippen LogP contribution in [0.2, 0.25) is 0 Å². The van der Waals surface area contributed by atoms with Gasteiger partial charge in [0.25, 0.3) is 11.8 Å². The third-order valence-electron chi connectivity index (χ3n) is 5.97. The summed E-state index contributed by atoms with van der Waals surface area (Å²) in [7, 11) is 0. The Balaban J connectivity index is 1.37. The summed E-state index contributed by atoms with van der Waals surface area (Å²) in [5.74, 6) is -0.724. The number of rotatable bonds is 6. The molecule has 3 aromatic rings. The summed E-state index contributed by atoms with van der Waals surface area (Å²) in [6, 6.07) is 18.3. The lowest BCUT2D eigenvalue weighted by molar-refractivity contribution is 0.0746. The van der Waals surface area contributed by atoms with E-state index in [1.54, 1.807) is 29.2 Å². The van der Waals surface area contributed by atoms with E-state index in [4.69, 9.17) is 0 Å². The van der Waals surface area contributed by atoms with Gasteiger partial charge < -0.3 is 20.2 Å². The van der Waals surface area contributed by atoms with Crippen LogP contribution in [-0.4, -0.2) is 54.5 Å². The van der Waals surface area contributed by atoms with E-state index in [2.05, 4.69) is 10.2 Å². The molecule has 4 rings (SSSR count). The molecule has 0 aromatic heterocycles. The van der Waals surface area contributed by atoms with Crippen LogP contribution in [-0.2, 0) is 0 Å². The minimum Gasteiger partial charge on any atom is -0.508 e. The van der Waals surface area contributed by atoms with Gasteiger partial charge in [0.05, 0.1) is 0 Å². The van der Waals surface area contributed by atoms with Crippen LogP contribution >= 0.6 is 0 Å². The molecule has 0 unspecified atom stereocenters. The average Bonchev–Trinajstić information content (AvgIpc) is 2.87. The molecule has 0 radical (unpaired) electrons. The van der Waals surface area contributed by atoms with E-state index in [0.717, 1.165) is 12.1 Å². The van der Waals surface area contributed by atoms with Crippen molar-refractivity contribution in [3.8, 4) is 16.9 Å². The molecular weight excluding hydrogens is 433 g/mol. The number of carbonyl (C=O) groups excluding carboxylic acids is 2. The van der Waals surface area contributed by atoms with E-state index in [0.29, 0.717) is 55.0 Å². The fourth-order valence-corrected chi connectivity index (χ4v) is 4.07. The Hall–Kier alpha value is -3.87. The zero-order valence-electron chi connectivity index (χ0n) is 19.1. The molecule has 1 aliphatic rings. The Labute approximate surface area is 198 Å². The van der Waals surface area contributed by atoms with E-state index in [1.807, 2.05) is 31.2 Å². The van der Waals surface area contributed by atoms with Crippen LogP contribution < -0.4 is 10.2 Å². The largest absolute Gasteiger partial charge is 0.508 e. The quantitative estimate of drug-likeness (QED) is 0.574. The first kappa shape index (κ1) is 23.3. The van der Waals surface area contributed by atoms with Gasteiger partial charge in [0.1, 0.15) is 11.6 Å². The van der Waals surface area contributed by atoms with Gasteiger partial charge in [0.15, 0.2) is 0 Å². The van der Waals surface area contributed by atoms with Crippen LogP contribution in [0.5, 0.6) is 5.75 Å². The highest BCUT2D eigenvalue weighted by Gasteiger charge is 2.23. The summed E-state index contributed by atoms with van der Waals surface area (Å²) >= 11 is 0. The van der Waals surface area contributed by atoms with E-state index >= 15 is 0 Å². The number of hydrogen-bond acceptors (Lipinski definition) is 4. The summed E-state index contributed by atoms with van der Waals surface area (Å²) in [5, 5.41) is 12.5. The molecule has 1 fully saturated rings. The van der Waals surface area contributed by atoms with E-state index in [-0.39, 0.29) is 17.6 Å². The Morgan fingerprint density at radius 3 is 2.29 bits per heavy atom. The molecular formula is C27H28FN3O3. The molecule has 6 nitrogen and oxygen atoms in total. The van der Waals surface area contributed by atoms with Crippen LogP contribution in [0.3, 0.4) is 0 Å². The van der Waals surface area contributed by atoms with Crippen molar-refractivity contribution >= 4 is 17.5 Å². The minimum atomic E-state index is -0.502. The Morgan fingerprint density at radius 1 is 0.941 bits per heavy atom. The topological polar surface area (TPSA) is 72.9 Å². The fourth-order valence-electron chi connectivity index (χ4n) is 4.07. The number of hydrogen-bond donors (Lipinski definition) is 2. The zero-order chi connectivity index (χ0) is 24.1. The molecule has 0 spiro atoms. The van der Waals surface area contributed by atoms with Crippen LogP contribution in [0, 0.1) is 5.82 Å². The number of aromatic hydroxyl groups is 1. The van der Waals surface area contributed by atoms with Crippen molar-refractivity contribution < 1.29 is 19.1 Å². The number of halogens is 1. The van der Waals surface area contributed by atoms with Crippen LogP contribution in [0.25, 0.3) is 11.1 Å². The summed E-state index contributed by atoms with van der Waals surface area (Å²) < 4.78 is 14.7. The maximum Gasteiger partial charge on any atom is 0.254 e. The normalized spacial score (nSPS) is 13.6. The first-order chi connectivity index (χ1) is 16.5. The van der Waals surface area contributed by atoms with Gasteiger partial charge >= 0.3 is 0 Å². The molecule has 2 amide bonds. The van der Waals surface area contributed by atoms with Crippen molar-refractivity contribution in [3.63, 3.8) is 0 Å². The van der Waals surface area contributed by atoms with Gasteiger partial charge in [-0.25, -0.2) is 4.39 Å². The van der Waals surface area contributed by atoms with E-state index in [1.165, 1.54) is 18.2 Å². The lowest BCUT2D eigenvalue weighted by Crippen LogP contribution is -2.48. The standard InChI is InChI=1S/C27H28FN3O3/c1-2-12-29-26(33)19-6-9-22(10-7-19)30-13-15-31(16-14-30)27(34)21-8-11-24(25(28)18-21)20-4-3-5-23(32)17-20/h3-11,17-18,32H,2,12-16H2,1H3,(H,29,33). The highest BCUT2D eigenvalue weighted by Crippen LogP contribution is 2.27. The summed E-state index contributed by atoms with van der Waals surface area (Å²) in [6.45, 7) is 5.00. The average molecular weight is 462 g/mol. The van der Waals surface area contributed by atoms with E-state index in [9.17, 15) is 19.1 Å². The molecule has 1 heterocycles. The van der Waals surface area contributed by atoms with Crippen molar-refractivity contribution in [3.05, 3.63) is 83.7 Å². The third-order valence-corrected chi connectivity index (χ3v) is 5.97. The third kappa shape index (κ3) is 5.20. The molecule has 0 aliphatic carbocycles. The Bertz CT molecular complexity index is 1170. The number of nitrogens with one attached hydrogen (secondary N) is 1. The minimum absolute atomic E-state index is 0.0596. The Morgan fingerprint density at radius 2 is 1.65 bits per heavy atom. The lowest BCUT2D eigenvalue weighted by Gasteiger charge is -2.36. The second-order valence-electron chi connectivity index (χ2n) is 8.33. The SMILES string of the molecule is CCCNC(=O)c1ccc(N2CCN(C(=O)c3ccc(-c4cccc(O)c4)c(F)c3)CC2)cc1. The lowest BCUT2D eigenvalue weighted by atomic mass is 10.0. The van der Waals surface area contributed by atoms with Gasteiger partial charge in [-0.3, -0.25) is 9.59 Å². The predicted octanol–water partition coefficient (Wildman–Crippen LogP) is 4.30. The Kier molecular flexibility index (Phi) is 7.11. The van der Waals surface area contributed by atoms with Gasteiger partial charge in [-0.15, -0.1) is 0 Å². The van der Waals surface area contributed by atoms with Crippen molar-refractivity contribution in [1.82, 2.24) is 10.2 Å². The first-order valence-corrected chi connectivity index (χ1v) is 11.5. The monoisotopic (exact) mass is 461 g/mol. The number of anilines is 1. The van der Waals surface area contributed by atoms with E-state index < -0.39 is 5.82 Å². The van der Waals surface area contributed by atoms with Gasteiger partial charge in [0, 0.05) is 55.1 Å². The fraction of sp³-hybridized carbons (Fsp3) is 0.259. The van der Waals surface area contributed by atoms with Crippen LogP contribution in [0.4, 0.5) is 10.1 Å². The zero-order valence-corrected chi connectivity index (χ0v) is 19.1. The molecule has 2 N–H and O–H groups in total. The van der Waals surface area contributed by atoms with Gasteiger partial charge in [-0.2, -0.15) is 0 Å². The van der Waals surface area contributed by atoms with Crippen LogP contribution in [0.1, 0.15) is 34.1 Å². The highest BCUT2D eigenvalue weighted by molar-refractivity contribution is 5.95. The molecule has 176 valence electrons. The number of piperazine rings is 1. The summed E-state index contributed by atoms with van der Waals surface area (Å²) in [4.78, 5) is 28.9. The van der Waals surface area contributed by atoms with Crippen molar-refractivity contribution in [2.45, 2.75) is 13.3 Å². The molecule has 0 atom stereocenters. The van der Waals surface area contributed by atoms with Crippen molar-refractivity contribution in [2.24, 2.45) is 0 Å². The smallest absolute Gasteiger partial charge is 0.254 e. The second kappa shape index (κ2) is 10.4. The summed E-state index contributed by atoms with van der Waals surface area (Å²) in [5.41, 5.74) is 2.82. The molecule has 1 saturated heterocycles. The highest BCUT2D eigenvalue weighted by atomic mass is 19.1. The first-order valence-electron chi connectivity index (χ1n) is 11.5. The maximum absolute atomic E-state index is 14.7. The van der Waals surface area contributed by atoms with Gasteiger partial charge in [-0.05, 0) is 60.5 Å². The van der Waals surface area contributed by atoms with Crippen LogP contribution in [0.15, 0.2) is 66.7 Å². The molecule has 7 heteroatoms. The predicted molar refractivity (Wildman–Crippen MR) is 131 cm³/mol. The summed E-state index contributed by atoms with van der Waals surface area (Å²) in [6.07, 6.45) is 0.890. The number of phenolic OH excluding ortho intramolecular Hbond substituents is 1. The van der Waals surface area contributed by atoms with Gasteiger partial charge in [0.2, 0.25) is 0 Å².